The van der Waals surface area contributed by atoms with E-state index in [1.54, 1.807) is 6.08 Å². The molecule has 3 nitrogen and oxygen atoms in total. The van der Waals surface area contributed by atoms with Gasteiger partial charge >= 0.3 is 6.18 Å². The third-order valence-electron chi connectivity index (χ3n) is 2.34. The monoisotopic (exact) mass is 217 g/mol. The maximum atomic E-state index is 12.5. The predicted molar refractivity (Wildman–Crippen MR) is 47.5 cm³/mol. The molecule has 0 radical (unpaired) electrons. The maximum absolute atomic E-state index is 12.5. The summed E-state index contributed by atoms with van der Waals surface area (Å²) in [5, 5.41) is 0.336. The fourth-order valence-corrected chi connectivity index (χ4v) is 1.60. The van der Waals surface area contributed by atoms with E-state index in [1.807, 2.05) is 6.92 Å². The minimum Gasteiger partial charge on any atom is -0.309 e. The number of fused-ring (bicyclic) bond motifs is 1. The molecule has 0 aromatic carbocycles. The molecule has 82 valence electrons. The molecule has 1 unspecified atom stereocenters. The van der Waals surface area contributed by atoms with Crippen LogP contribution in [0.1, 0.15) is 19.2 Å². The van der Waals surface area contributed by atoms with Crippen LogP contribution in [0.3, 0.4) is 0 Å². The molecule has 2 rings (SSSR count). The highest BCUT2D eigenvalue weighted by molar-refractivity contribution is 5.22. The number of aromatic nitrogens is 2. The Hall–Kier alpha value is -1.33. The standard InChI is InChI=1S/C9H10F3N3/c1-5-3-4-6-7(13-5)15(2)8(14-6)9(10,11)12/h4-5H,3H2,1-2H3. The van der Waals surface area contributed by atoms with Gasteiger partial charge in [-0.15, -0.1) is 0 Å². The SMILES string of the molecule is CC1CC=c2nc(C(F)(F)F)n(C)c2=N1. The van der Waals surface area contributed by atoms with Gasteiger partial charge in [-0.25, -0.2) is 4.98 Å². The number of rotatable bonds is 0. The van der Waals surface area contributed by atoms with Crippen LogP contribution in [0.15, 0.2) is 4.99 Å². The summed E-state index contributed by atoms with van der Waals surface area (Å²) in [5.41, 5.74) is 0.320. The Morgan fingerprint density at radius 2 is 2.13 bits per heavy atom. The smallest absolute Gasteiger partial charge is 0.309 e. The van der Waals surface area contributed by atoms with Crippen molar-refractivity contribution in [3.63, 3.8) is 0 Å². The Balaban J connectivity index is 2.72. The van der Waals surface area contributed by atoms with E-state index in [0.29, 0.717) is 17.3 Å². The zero-order chi connectivity index (χ0) is 11.2. The van der Waals surface area contributed by atoms with Crippen LogP contribution < -0.4 is 10.8 Å². The van der Waals surface area contributed by atoms with Crippen molar-refractivity contribution in [2.75, 3.05) is 0 Å². The van der Waals surface area contributed by atoms with E-state index < -0.39 is 12.0 Å². The lowest BCUT2D eigenvalue weighted by Gasteiger charge is -2.06. The summed E-state index contributed by atoms with van der Waals surface area (Å²) >= 11 is 0. The highest BCUT2D eigenvalue weighted by atomic mass is 19.4. The Kier molecular flexibility index (Phi) is 2.09. The molecule has 1 atom stereocenters. The number of hydrogen-bond donors (Lipinski definition) is 0. The van der Waals surface area contributed by atoms with E-state index >= 15 is 0 Å². The topological polar surface area (TPSA) is 30.2 Å². The third kappa shape index (κ3) is 1.64. The molecule has 0 N–H and O–H groups in total. The first-order valence-electron chi connectivity index (χ1n) is 4.57. The summed E-state index contributed by atoms with van der Waals surface area (Å²) in [6.07, 6.45) is -2.08. The van der Waals surface area contributed by atoms with Crippen molar-refractivity contribution < 1.29 is 13.2 Å². The molecular weight excluding hydrogens is 207 g/mol. The highest BCUT2D eigenvalue weighted by Gasteiger charge is 2.36. The molecule has 0 amide bonds. The largest absolute Gasteiger partial charge is 0.449 e. The molecule has 0 saturated carbocycles. The molecule has 1 aromatic heterocycles. The van der Waals surface area contributed by atoms with Gasteiger partial charge in [-0.05, 0) is 13.3 Å². The fraction of sp³-hybridized carbons (Fsp3) is 0.556. The lowest BCUT2D eigenvalue weighted by Crippen LogP contribution is -2.34. The van der Waals surface area contributed by atoms with Gasteiger partial charge < -0.3 is 4.57 Å². The lowest BCUT2D eigenvalue weighted by molar-refractivity contribution is -0.146. The zero-order valence-electron chi connectivity index (χ0n) is 8.34. The molecule has 15 heavy (non-hydrogen) atoms. The van der Waals surface area contributed by atoms with Crippen molar-refractivity contribution >= 4 is 6.08 Å². The van der Waals surface area contributed by atoms with Crippen LogP contribution in [0.25, 0.3) is 6.08 Å². The van der Waals surface area contributed by atoms with E-state index in [2.05, 4.69) is 9.98 Å². The Bertz CT molecular complexity index is 498. The van der Waals surface area contributed by atoms with Crippen molar-refractivity contribution in [2.24, 2.45) is 12.0 Å². The number of nitrogens with zero attached hydrogens (tertiary/aromatic N) is 3. The molecule has 0 saturated heterocycles. The van der Waals surface area contributed by atoms with Crippen LogP contribution >= 0.6 is 0 Å². The lowest BCUT2D eigenvalue weighted by atomic mass is 10.2. The molecule has 0 fully saturated rings. The van der Waals surface area contributed by atoms with Gasteiger partial charge in [-0.2, -0.15) is 13.2 Å². The quantitative estimate of drug-likeness (QED) is 0.627. The first kappa shape index (κ1) is 10.2. The molecule has 1 aliphatic rings. The summed E-state index contributed by atoms with van der Waals surface area (Å²) in [6, 6.07) is 0.0222. The van der Waals surface area contributed by atoms with E-state index in [-0.39, 0.29) is 6.04 Å². The van der Waals surface area contributed by atoms with Crippen molar-refractivity contribution in [3.8, 4) is 0 Å². The first-order valence-corrected chi connectivity index (χ1v) is 4.57. The zero-order valence-corrected chi connectivity index (χ0v) is 8.34. The first-order chi connectivity index (χ1) is 6.89. The predicted octanol–water partition coefficient (Wildman–Crippen LogP) is 0.631. The second-order valence-corrected chi connectivity index (χ2v) is 3.62. The van der Waals surface area contributed by atoms with Gasteiger partial charge in [0.2, 0.25) is 5.82 Å². The van der Waals surface area contributed by atoms with Gasteiger partial charge in [0.15, 0.2) is 5.49 Å². The molecule has 1 aromatic rings. The summed E-state index contributed by atoms with van der Waals surface area (Å²) in [5.74, 6) is -0.887. The maximum Gasteiger partial charge on any atom is 0.449 e. The van der Waals surface area contributed by atoms with E-state index in [1.165, 1.54) is 7.05 Å². The Labute approximate surface area is 84.0 Å². The van der Waals surface area contributed by atoms with Crippen LogP contribution in [-0.2, 0) is 13.2 Å². The highest BCUT2D eigenvalue weighted by Crippen LogP contribution is 2.25. The van der Waals surface area contributed by atoms with Gasteiger partial charge in [-0.1, -0.05) is 6.08 Å². The normalized spacial score (nSPS) is 20.5. The van der Waals surface area contributed by atoms with Crippen LogP contribution in [0.4, 0.5) is 13.2 Å². The molecule has 0 spiro atoms. The summed E-state index contributed by atoms with van der Waals surface area (Å²) in [6.45, 7) is 1.86. The van der Waals surface area contributed by atoms with Gasteiger partial charge in [0.1, 0.15) is 5.35 Å². The van der Waals surface area contributed by atoms with Crippen LogP contribution in [0.2, 0.25) is 0 Å². The minimum absolute atomic E-state index is 0.0222. The molecule has 0 aliphatic carbocycles. The fourth-order valence-electron chi connectivity index (χ4n) is 1.60. The van der Waals surface area contributed by atoms with Crippen molar-refractivity contribution in [1.29, 1.82) is 0 Å². The third-order valence-corrected chi connectivity index (χ3v) is 2.34. The molecule has 2 heterocycles. The molecule has 0 bridgehead atoms. The molecular formula is C9H10F3N3. The van der Waals surface area contributed by atoms with Crippen LogP contribution in [-0.4, -0.2) is 15.6 Å². The van der Waals surface area contributed by atoms with Crippen LogP contribution in [0.5, 0.6) is 0 Å². The number of halogens is 3. The summed E-state index contributed by atoms with van der Waals surface area (Å²) in [4.78, 5) is 7.69. The average Bonchev–Trinajstić information content (AvgIpc) is 2.43. The van der Waals surface area contributed by atoms with E-state index in [9.17, 15) is 13.2 Å². The van der Waals surface area contributed by atoms with Crippen LogP contribution in [0, 0.1) is 0 Å². The van der Waals surface area contributed by atoms with Gasteiger partial charge in [-0.3, -0.25) is 4.99 Å². The summed E-state index contributed by atoms with van der Waals surface area (Å²) in [7, 11) is 1.34. The second kappa shape index (κ2) is 3.08. The van der Waals surface area contributed by atoms with Crippen molar-refractivity contribution in [3.05, 3.63) is 16.7 Å². The average molecular weight is 217 g/mol. The molecule has 6 heteroatoms. The van der Waals surface area contributed by atoms with E-state index in [0.717, 1.165) is 4.57 Å². The molecule has 1 aliphatic heterocycles. The number of hydrogen-bond acceptors (Lipinski definition) is 2. The summed E-state index contributed by atoms with van der Waals surface area (Å²) < 4.78 is 38.5. The van der Waals surface area contributed by atoms with Gasteiger partial charge in [0.05, 0.1) is 6.04 Å². The number of imidazole rings is 1. The minimum atomic E-state index is -4.42. The second-order valence-electron chi connectivity index (χ2n) is 3.62. The number of alkyl halides is 3. The Morgan fingerprint density at radius 1 is 1.47 bits per heavy atom. The van der Waals surface area contributed by atoms with Gasteiger partial charge in [0, 0.05) is 7.05 Å². The van der Waals surface area contributed by atoms with Crippen molar-refractivity contribution in [1.82, 2.24) is 9.55 Å². The van der Waals surface area contributed by atoms with Crippen molar-refractivity contribution in [2.45, 2.75) is 25.6 Å². The van der Waals surface area contributed by atoms with E-state index in [4.69, 9.17) is 0 Å². The van der Waals surface area contributed by atoms with Gasteiger partial charge in [0.25, 0.3) is 0 Å². The Morgan fingerprint density at radius 3 is 2.73 bits per heavy atom.